The van der Waals surface area contributed by atoms with Gasteiger partial charge in [0.15, 0.2) is 0 Å². The average molecular weight is 352 g/mol. The molecule has 0 aliphatic carbocycles. The summed E-state index contributed by atoms with van der Waals surface area (Å²) in [4.78, 5) is 4.10. The number of nitrogens with zero attached hydrogens (tertiary/aromatic N) is 2. The molecular formula is C16H18ClN3O2S. The molecule has 1 N–H and O–H groups in total. The maximum absolute atomic E-state index is 12.9. The van der Waals surface area contributed by atoms with Crippen LogP contribution in [0.1, 0.15) is 17.2 Å². The fraction of sp³-hybridized carbons (Fsp3) is 0.312. The van der Waals surface area contributed by atoms with Crippen molar-refractivity contribution in [2.24, 2.45) is 0 Å². The Morgan fingerprint density at radius 2 is 2.09 bits per heavy atom. The highest BCUT2D eigenvalue weighted by molar-refractivity contribution is 7.88. The van der Waals surface area contributed by atoms with Crippen LogP contribution in [0.3, 0.4) is 0 Å². The molecule has 1 aromatic carbocycles. The Hall–Kier alpha value is -1.47. The minimum absolute atomic E-state index is 0.0938. The van der Waals surface area contributed by atoms with Gasteiger partial charge in [0.2, 0.25) is 10.0 Å². The van der Waals surface area contributed by atoms with E-state index in [1.807, 2.05) is 12.1 Å². The second kappa shape index (κ2) is 6.97. The van der Waals surface area contributed by atoms with Gasteiger partial charge in [-0.3, -0.25) is 4.98 Å². The van der Waals surface area contributed by atoms with Gasteiger partial charge in [-0.25, -0.2) is 8.42 Å². The monoisotopic (exact) mass is 351 g/mol. The van der Waals surface area contributed by atoms with Crippen molar-refractivity contribution in [2.45, 2.75) is 11.8 Å². The van der Waals surface area contributed by atoms with Gasteiger partial charge in [-0.05, 0) is 23.3 Å². The van der Waals surface area contributed by atoms with E-state index in [0.29, 0.717) is 30.2 Å². The van der Waals surface area contributed by atoms with Crippen molar-refractivity contribution in [3.8, 4) is 0 Å². The number of halogens is 1. The van der Waals surface area contributed by atoms with Gasteiger partial charge in [-0.2, -0.15) is 4.31 Å². The number of aromatic nitrogens is 1. The Morgan fingerprint density at radius 3 is 2.83 bits per heavy atom. The molecule has 0 radical (unpaired) electrons. The summed E-state index contributed by atoms with van der Waals surface area (Å²) < 4.78 is 27.4. The molecule has 2 aromatic rings. The van der Waals surface area contributed by atoms with E-state index >= 15 is 0 Å². The van der Waals surface area contributed by atoms with Crippen molar-refractivity contribution in [3.05, 3.63) is 64.9 Å². The average Bonchev–Trinajstić information content (AvgIpc) is 2.58. The first-order valence-corrected chi connectivity index (χ1v) is 9.40. The summed E-state index contributed by atoms with van der Waals surface area (Å²) in [6, 6.07) is 10.5. The van der Waals surface area contributed by atoms with Crippen molar-refractivity contribution in [3.63, 3.8) is 0 Å². The molecule has 1 aliphatic heterocycles. The van der Waals surface area contributed by atoms with Crippen LogP contribution in [0.5, 0.6) is 0 Å². The molecule has 1 aliphatic rings. The number of rotatable bonds is 4. The SMILES string of the molecule is O=S(=O)(Cc1ccccc1Cl)N1CCNCC1c1cccnc1. The van der Waals surface area contributed by atoms with E-state index in [0.717, 1.165) is 5.56 Å². The van der Waals surface area contributed by atoms with E-state index in [1.165, 1.54) is 0 Å². The van der Waals surface area contributed by atoms with Gasteiger partial charge in [0.1, 0.15) is 0 Å². The van der Waals surface area contributed by atoms with Crippen molar-refractivity contribution in [1.29, 1.82) is 0 Å². The maximum atomic E-state index is 12.9. The Kier molecular flexibility index (Phi) is 4.96. The molecule has 0 spiro atoms. The van der Waals surface area contributed by atoms with Crippen LogP contribution < -0.4 is 5.32 Å². The van der Waals surface area contributed by atoms with Crippen LogP contribution in [-0.4, -0.2) is 37.3 Å². The lowest BCUT2D eigenvalue weighted by molar-refractivity contribution is 0.271. The topological polar surface area (TPSA) is 62.3 Å². The van der Waals surface area contributed by atoms with Gasteiger partial charge in [-0.15, -0.1) is 0 Å². The predicted octanol–water partition coefficient (Wildman–Crippen LogP) is 2.21. The molecule has 3 rings (SSSR count). The third kappa shape index (κ3) is 3.72. The molecule has 1 unspecified atom stereocenters. The smallest absolute Gasteiger partial charge is 0.218 e. The largest absolute Gasteiger partial charge is 0.313 e. The van der Waals surface area contributed by atoms with E-state index in [1.54, 1.807) is 41.0 Å². The molecule has 1 aromatic heterocycles. The molecule has 2 heterocycles. The molecule has 23 heavy (non-hydrogen) atoms. The van der Waals surface area contributed by atoms with Gasteiger partial charge in [0.25, 0.3) is 0 Å². The van der Waals surface area contributed by atoms with Gasteiger partial charge < -0.3 is 5.32 Å². The fourth-order valence-corrected chi connectivity index (χ4v) is 4.82. The van der Waals surface area contributed by atoms with Crippen LogP contribution in [0.25, 0.3) is 0 Å². The van der Waals surface area contributed by atoms with Crippen LogP contribution >= 0.6 is 11.6 Å². The summed E-state index contributed by atoms with van der Waals surface area (Å²) in [5, 5.41) is 3.73. The molecular weight excluding hydrogens is 334 g/mol. The lowest BCUT2D eigenvalue weighted by Crippen LogP contribution is -2.48. The first-order chi connectivity index (χ1) is 11.1. The molecule has 122 valence electrons. The van der Waals surface area contributed by atoms with Crippen LogP contribution in [0, 0.1) is 0 Å². The van der Waals surface area contributed by atoms with Crippen molar-refractivity contribution in [1.82, 2.24) is 14.6 Å². The molecule has 0 bridgehead atoms. The first-order valence-electron chi connectivity index (χ1n) is 7.41. The number of hydrogen-bond donors (Lipinski definition) is 1. The molecule has 0 amide bonds. The zero-order chi connectivity index (χ0) is 16.3. The summed E-state index contributed by atoms with van der Waals surface area (Å²) in [5.41, 5.74) is 1.51. The molecule has 1 atom stereocenters. The van der Waals surface area contributed by atoms with Gasteiger partial charge in [-0.1, -0.05) is 35.9 Å². The van der Waals surface area contributed by atoms with Crippen molar-refractivity contribution < 1.29 is 8.42 Å². The Morgan fingerprint density at radius 1 is 1.26 bits per heavy atom. The van der Waals surface area contributed by atoms with Gasteiger partial charge >= 0.3 is 0 Å². The number of sulfonamides is 1. The number of benzene rings is 1. The number of pyridine rings is 1. The Balaban J connectivity index is 1.89. The van der Waals surface area contributed by atoms with Gasteiger partial charge in [0.05, 0.1) is 11.8 Å². The zero-order valence-electron chi connectivity index (χ0n) is 12.5. The van der Waals surface area contributed by atoms with Crippen molar-refractivity contribution in [2.75, 3.05) is 19.6 Å². The molecule has 1 saturated heterocycles. The van der Waals surface area contributed by atoms with E-state index in [4.69, 9.17) is 11.6 Å². The van der Waals surface area contributed by atoms with Crippen LogP contribution in [0.15, 0.2) is 48.8 Å². The minimum atomic E-state index is -3.48. The zero-order valence-corrected chi connectivity index (χ0v) is 14.1. The van der Waals surface area contributed by atoms with Crippen LogP contribution in [0.4, 0.5) is 0 Å². The highest BCUT2D eigenvalue weighted by Crippen LogP contribution is 2.27. The highest BCUT2D eigenvalue weighted by Gasteiger charge is 2.33. The van der Waals surface area contributed by atoms with Crippen molar-refractivity contribution >= 4 is 21.6 Å². The third-order valence-electron chi connectivity index (χ3n) is 3.92. The van der Waals surface area contributed by atoms with E-state index in [2.05, 4.69) is 10.3 Å². The Bertz CT molecular complexity index is 768. The summed E-state index contributed by atoms with van der Waals surface area (Å²) in [6.45, 7) is 1.65. The lowest BCUT2D eigenvalue weighted by atomic mass is 10.1. The van der Waals surface area contributed by atoms with E-state index in [9.17, 15) is 8.42 Å². The molecule has 7 heteroatoms. The normalized spacial score (nSPS) is 19.6. The number of nitrogens with one attached hydrogen (secondary N) is 1. The molecule has 5 nitrogen and oxygen atoms in total. The molecule has 0 saturated carbocycles. The predicted molar refractivity (Wildman–Crippen MR) is 90.6 cm³/mol. The summed E-state index contributed by atoms with van der Waals surface area (Å²) in [5.74, 6) is -0.0938. The second-order valence-electron chi connectivity index (χ2n) is 5.46. The van der Waals surface area contributed by atoms with Crippen LogP contribution in [0.2, 0.25) is 5.02 Å². The third-order valence-corrected chi connectivity index (χ3v) is 6.11. The standard InChI is InChI=1S/C16H18ClN3O2S/c17-15-6-2-1-4-14(15)12-23(21,22)20-9-8-19-11-16(20)13-5-3-7-18-10-13/h1-7,10,16,19H,8-9,11-12H2. The Labute approximate surface area is 141 Å². The van der Waals surface area contributed by atoms with Gasteiger partial charge in [0, 0.05) is 37.1 Å². The van der Waals surface area contributed by atoms with E-state index in [-0.39, 0.29) is 11.8 Å². The van der Waals surface area contributed by atoms with Crippen LogP contribution in [-0.2, 0) is 15.8 Å². The minimum Gasteiger partial charge on any atom is -0.313 e. The highest BCUT2D eigenvalue weighted by atomic mass is 35.5. The number of piperazine rings is 1. The number of hydrogen-bond acceptors (Lipinski definition) is 4. The maximum Gasteiger partial charge on any atom is 0.218 e. The first kappa shape index (κ1) is 16.4. The quantitative estimate of drug-likeness (QED) is 0.917. The van der Waals surface area contributed by atoms with E-state index < -0.39 is 10.0 Å². The molecule has 1 fully saturated rings. The fourth-order valence-electron chi connectivity index (χ4n) is 2.77. The second-order valence-corrected chi connectivity index (χ2v) is 7.79. The summed E-state index contributed by atoms with van der Waals surface area (Å²) in [7, 11) is -3.48. The summed E-state index contributed by atoms with van der Waals surface area (Å²) in [6.07, 6.45) is 3.40. The summed E-state index contributed by atoms with van der Waals surface area (Å²) >= 11 is 6.12. The lowest BCUT2D eigenvalue weighted by Gasteiger charge is -2.35.